The fraction of sp³-hybridized carbons (Fsp3) is 0.133. The zero-order chi connectivity index (χ0) is 15.4. The van der Waals surface area contributed by atoms with E-state index in [0.717, 1.165) is 0 Å². The maximum Gasteiger partial charge on any atom is 0.339 e. The highest BCUT2D eigenvalue weighted by Crippen LogP contribution is 2.20. The maximum absolute atomic E-state index is 11.9. The smallest absolute Gasteiger partial charge is 0.339 e. The molecule has 21 heavy (non-hydrogen) atoms. The van der Waals surface area contributed by atoms with Gasteiger partial charge in [0, 0.05) is 10.7 Å². The minimum Gasteiger partial charge on any atom is -0.462 e. The van der Waals surface area contributed by atoms with Gasteiger partial charge in [-0.2, -0.15) is 5.26 Å². The first-order valence-corrected chi connectivity index (χ1v) is 6.55. The number of halogens is 1. The Morgan fingerprint density at radius 1 is 1.38 bits per heavy atom. The van der Waals surface area contributed by atoms with E-state index in [1.54, 1.807) is 37.3 Å². The summed E-state index contributed by atoms with van der Waals surface area (Å²) in [4.78, 5) is 26.4. The Kier molecular flexibility index (Phi) is 4.41. The first-order valence-electron chi connectivity index (χ1n) is 6.17. The molecule has 0 aliphatic heterocycles. The average molecular weight is 303 g/mol. The van der Waals surface area contributed by atoms with E-state index in [-0.39, 0.29) is 17.7 Å². The van der Waals surface area contributed by atoms with Crippen LogP contribution in [0.3, 0.4) is 0 Å². The third kappa shape index (κ3) is 3.12. The van der Waals surface area contributed by atoms with Gasteiger partial charge in [-0.1, -0.05) is 23.7 Å². The van der Waals surface area contributed by atoms with Crippen LogP contribution >= 0.6 is 11.6 Å². The Balaban J connectivity index is 2.60. The fourth-order valence-corrected chi connectivity index (χ4v) is 1.95. The summed E-state index contributed by atoms with van der Waals surface area (Å²) in [6, 6.07) is 9.89. The SMILES string of the molecule is CCOC(=O)c1cc(-c2ccc(Cl)cc2)[nH]c(=O)c1C#N. The molecule has 2 aromatic rings. The summed E-state index contributed by atoms with van der Waals surface area (Å²) in [6.45, 7) is 1.81. The van der Waals surface area contributed by atoms with Gasteiger partial charge in [0.1, 0.15) is 11.6 Å². The van der Waals surface area contributed by atoms with Gasteiger partial charge in [-0.15, -0.1) is 0 Å². The van der Waals surface area contributed by atoms with Crippen LogP contribution in [0.4, 0.5) is 0 Å². The lowest BCUT2D eigenvalue weighted by Crippen LogP contribution is -2.18. The summed E-state index contributed by atoms with van der Waals surface area (Å²) >= 11 is 5.81. The number of carbonyl (C=O) groups is 1. The van der Waals surface area contributed by atoms with E-state index in [9.17, 15) is 9.59 Å². The van der Waals surface area contributed by atoms with Crippen molar-refractivity contribution in [3.05, 3.63) is 56.8 Å². The van der Waals surface area contributed by atoms with Crippen molar-refractivity contribution in [3.8, 4) is 17.3 Å². The van der Waals surface area contributed by atoms with Crippen LogP contribution in [-0.2, 0) is 4.74 Å². The van der Waals surface area contributed by atoms with Gasteiger partial charge in [-0.25, -0.2) is 4.79 Å². The number of aromatic amines is 1. The molecule has 0 aliphatic carbocycles. The minimum absolute atomic E-state index is 0.0481. The molecule has 1 heterocycles. The molecule has 0 amide bonds. The number of hydrogen-bond donors (Lipinski definition) is 1. The second-order valence-corrected chi connectivity index (χ2v) is 4.58. The summed E-state index contributed by atoms with van der Waals surface area (Å²) in [5.74, 6) is -0.699. The van der Waals surface area contributed by atoms with Crippen LogP contribution in [0.1, 0.15) is 22.8 Å². The van der Waals surface area contributed by atoms with Gasteiger partial charge in [-0.05, 0) is 30.7 Å². The highest BCUT2D eigenvalue weighted by atomic mass is 35.5. The Morgan fingerprint density at radius 2 is 2.05 bits per heavy atom. The molecule has 0 atom stereocenters. The largest absolute Gasteiger partial charge is 0.462 e. The molecule has 1 N–H and O–H groups in total. The molecule has 1 aromatic carbocycles. The van der Waals surface area contributed by atoms with Crippen LogP contribution in [0.2, 0.25) is 5.02 Å². The molecule has 2 rings (SSSR count). The molecule has 0 bridgehead atoms. The van der Waals surface area contributed by atoms with Crippen molar-refractivity contribution in [3.63, 3.8) is 0 Å². The van der Waals surface area contributed by atoms with E-state index >= 15 is 0 Å². The van der Waals surface area contributed by atoms with Crippen molar-refractivity contribution in [1.29, 1.82) is 5.26 Å². The highest BCUT2D eigenvalue weighted by Gasteiger charge is 2.17. The summed E-state index contributed by atoms with van der Waals surface area (Å²) in [5, 5.41) is 9.57. The predicted octanol–water partition coefficient (Wildman–Crippen LogP) is 2.74. The third-order valence-electron chi connectivity index (χ3n) is 2.80. The Morgan fingerprint density at radius 3 is 2.62 bits per heavy atom. The maximum atomic E-state index is 11.9. The van der Waals surface area contributed by atoms with E-state index < -0.39 is 11.5 Å². The molecular weight excluding hydrogens is 292 g/mol. The number of ether oxygens (including phenoxy) is 1. The number of esters is 1. The van der Waals surface area contributed by atoms with Gasteiger partial charge >= 0.3 is 5.97 Å². The first kappa shape index (κ1) is 14.8. The van der Waals surface area contributed by atoms with Gasteiger partial charge in [0.05, 0.1) is 12.2 Å². The summed E-state index contributed by atoms with van der Waals surface area (Å²) < 4.78 is 4.87. The molecule has 5 nitrogen and oxygen atoms in total. The van der Waals surface area contributed by atoms with Crippen LogP contribution in [-0.4, -0.2) is 17.6 Å². The molecule has 106 valence electrons. The van der Waals surface area contributed by atoms with Crippen LogP contribution in [0.5, 0.6) is 0 Å². The Bertz CT molecular complexity index is 773. The number of benzene rings is 1. The zero-order valence-corrected chi connectivity index (χ0v) is 11.9. The van der Waals surface area contributed by atoms with E-state index in [2.05, 4.69) is 4.98 Å². The third-order valence-corrected chi connectivity index (χ3v) is 3.05. The molecule has 0 saturated heterocycles. The van der Waals surface area contributed by atoms with E-state index in [1.165, 1.54) is 6.07 Å². The molecule has 0 spiro atoms. The Labute approximate surface area is 125 Å². The number of rotatable bonds is 3. The molecule has 0 unspecified atom stereocenters. The van der Waals surface area contributed by atoms with Gasteiger partial charge in [0.15, 0.2) is 0 Å². The zero-order valence-electron chi connectivity index (χ0n) is 11.1. The number of carbonyl (C=O) groups excluding carboxylic acids is 1. The molecule has 0 fully saturated rings. The van der Waals surface area contributed by atoms with E-state index in [1.807, 2.05) is 0 Å². The standard InChI is InChI=1S/C15H11ClN2O3/c1-2-21-15(20)11-7-13(18-14(19)12(11)8-17)9-3-5-10(16)6-4-9/h3-7H,2H2,1H3,(H,18,19). The Hall–Kier alpha value is -2.58. The number of nitrogens with one attached hydrogen (secondary N) is 1. The van der Waals surface area contributed by atoms with Crippen molar-refractivity contribution in [2.45, 2.75) is 6.92 Å². The number of nitriles is 1. The lowest BCUT2D eigenvalue weighted by molar-refractivity contribution is 0.0525. The number of pyridine rings is 1. The average Bonchev–Trinajstić information content (AvgIpc) is 2.47. The summed E-state index contributed by atoms with van der Waals surface area (Å²) in [5.41, 5.74) is 0.150. The second kappa shape index (κ2) is 6.25. The normalized spacial score (nSPS) is 9.95. The molecule has 1 aromatic heterocycles. The van der Waals surface area contributed by atoms with Crippen molar-refractivity contribution in [2.24, 2.45) is 0 Å². The number of nitrogens with zero attached hydrogens (tertiary/aromatic N) is 1. The number of hydrogen-bond acceptors (Lipinski definition) is 4. The van der Waals surface area contributed by atoms with Crippen molar-refractivity contribution in [1.82, 2.24) is 4.98 Å². The van der Waals surface area contributed by atoms with Gasteiger partial charge in [-0.3, -0.25) is 4.79 Å². The van der Waals surface area contributed by atoms with Gasteiger partial charge < -0.3 is 9.72 Å². The molecule has 0 radical (unpaired) electrons. The molecule has 6 heteroatoms. The van der Waals surface area contributed by atoms with Crippen LogP contribution in [0, 0.1) is 11.3 Å². The first-order chi connectivity index (χ1) is 10.1. The van der Waals surface area contributed by atoms with Crippen LogP contribution in [0.25, 0.3) is 11.3 Å². The minimum atomic E-state index is -0.699. The second-order valence-electron chi connectivity index (χ2n) is 4.14. The van der Waals surface area contributed by atoms with E-state index in [0.29, 0.717) is 16.3 Å². The van der Waals surface area contributed by atoms with Crippen LogP contribution in [0.15, 0.2) is 35.1 Å². The van der Waals surface area contributed by atoms with Crippen molar-refractivity contribution < 1.29 is 9.53 Å². The predicted molar refractivity (Wildman–Crippen MR) is 78.2 cm³/mol. The lowest BCUT2D eigenvalue weighted by atomic mass is 10.1. The number of H-pyrrole nitrogens is 1. The van der Waals surface area contributed by atoms with Crippen LogP contribution < -0.4 is 5.56 Å². The van der Waals surface area contributed by atoms with Crippen molar-refractivity contribution in [2.75, 3.05) is 6.61 Å². The monoisotopic (exact) mass is 302 g/mol. The summed E-state index contributed by atoms with van der Waals surface area (Å²) in [6.07, 6.45) is 0. The van der Waals surface area contributed by atoms with Gasteiger partial charge in [0.2, 0.25) is 0 Å². The highest BCUT2D eigenvalue weighted by molar-refractivity contribution is 6.30. The summed E-state index contributed by atoms with van der Waals surface area (Å²) in [7, 11) is 0. The quantitative estimate of drug-likeness (QED) is 0.884. The molecule has 0 aliphatic rings. The fourth-order valence-electron chi connectivity index (χ4n) is 1.83. The molecule has 0 saturated carbocycles. The number of aromatic nitrogens is 1. The topological polar surface area (TPSA) is 83.0 Å². The molecular formula is C15H11ClN2O3. The lowest BCUT2D eigenvalue weighted by Gasteiger charge is -2.07. The van der Waals surface area contributed by atoms with Crippen molar-refractivity contribution >= 4 is 17.6 Å². The van der Waals surface area contributed by atoms with E-state index in [4.69, 9.17) is 21.6 Å². The van der Waals surface area contributed by atoms with Gasteiger partial charge in [0.25, 0.3) is 5.56 Å².